The molecular formula is C8H16ClNO2. The zero-order valence-corrected chi connectivity index (χ0v) is 8.19. The Bertz CT molecular complexity index is 108. The van der Waals surface area contributed by atoms with Crippen molar-refractivity contribution < 1.29 is 9.53 Å². The number of hydrogen-bond donors (Lipinski definition) is 1. The van der Waals surface area contributed by atoms with Gasteiger partial charge in [0, 0.05) is 19.0 Å². The van der Waals surface area contributed by atoms with E-state index in [4.69, 9.17) is 16.3 Å². The fourth-order valence-corrected chi connectivity index (χ4v) is 0.788. The summed E-state index contributed by atoms with van der Waals surface area (Å²) in [4.78, 5) is 10.9. The van der Waals surface area contributed by atoms with Crippen molar-refractivity contribution in [2.24, 2.45) is 0 Å². The van der Waals surface area contributed by atoms with Crippen molar-refractivity contribution in [3.8, 4) is 0 Å². The minimum atomic E-state index is -0.0615. The summed E-state index contributed by atoms with van der Waals surface area (Å²) in [6, 6.07) is 0. The third kappa shape index (κ3) is 7.82. The van der Waals surface area contributed by atoms with Crippen LogP contribution in [0.15, 0.2) is 0 Å². The summed E-state index contributed by atoms with van der Waals surface area (Å²) in [5.74, 6) is 0.518. The van der Waals surface area contributed by atoms with E-state index in [9.17, 15) is 4.79 Å². The Morgan fingerprint density at radius 1 is 1.58 bits per heavy atom. The predicted octanol–water partition coefficient (Wildman–Crippen LogP) is 1.16. The maximum absolute atomic E-state index is 10.9. The molecule has 0 aliphatic heterocycles. The van der Waals surface area contributed by atoms with Gasteiger partial charge in [-0.25, -0.2) is 0 Å². The van der Waals surface area contributed by atoms with E-state index in [0.29, 0.717) is 19.0 Å². The summed E-state index contributed by atoms with van der Waals surface area (Å²) in [5, 5.41) is 2.69. The van der Waals surface area contributed by atoms with Gasteiger partial charge >= 0.3 is 0 Å². The molecule has 0 aromatic rings. The van der Waals surface area contributed by atoms with Crippen LogP contribution < -0.4 is 5.32 Å². The smallest absolute Gasteiger partial charge is 0.245 e. The SMILES string of the molecule is CCCOCC(=O)NCCCCl. The molecule has 0 aromatic carbocycles. The van der Waals surface area contributed by atoms with Gasteiger partial charge in [-0.3, -0.25) is 4.79 Å². The number of ether oxygens (including phenoxy) is 1. The predicted molar refractivity (Wildman–Crippen MR) is 49.5 cm³/mol. The average molecular weight is 194 g/mol. The first-order chi connectivity index (χ1) is 5.81. The number of nitrogens with one attached hydrogen (secondary N) is 1. The van der Waals surface area contributed by atoms with Crippen LogP contribution in [0.2, 0.25) is 0 Å². The number of carbonyl (C=O) groups excluding carboxylic acids is 1. The third-order valence-corrected chi connectivity index (χ3v) is 1.48. The second-order valence-electron chi connectivity index (χ2n) is 2.45. The topological polar surface area (TPSA) is 38.3 Å². The van der Waals surface area contributed by atoms with Gasteiger partial charge in [-0.05, 0) is 12.8 Å². The number of hydrogen-bond acceptors (Lipinski definition) is 2. The molecule has 0 unspecified atom stereocenters. The average Bonchev–Trinajstić information content (AvgIpc) is 2.06. The molecule has 0 bridgehead atoms. The highest BCUT2D eigenvalue weighted by Crippen LogP contribution is 1.83. The molecule has 0 spiro atoms. The summed E-state index contributed by atoms with van der Waals surface area (Å²) in [5.41, 5.74) is 0. The lowest BCUT2D eigenvalue weighted by Crippen LogP contribution is -2.28. The van der Waals surface area contributed by atoms with Crippen LogP contribution in [0.4, 0.5) is 0 Å². The molecule has 3 nitrogen and oxygen atoms in total. The molecule has 0 aromatic heterocycles. The third-order valence-electron chi connectivity index (χ3n) is 1.21. The fourth-order valence-electron chi connectivity index (χ4n) is 0.655. The second-order valence-corrected chi connectivity index (χ2v) is 2.82. The molecule has 0 radical (unpaired) electrons. The van der Waals surface area contributed by atoms with Crippen molar-refractivity contribution in [2.45, 2.75) is 19.8 Å². The van der Waals surface area contributed by atoms with Gasteiger partial charge in [0.05, 0.1) is 0 Å². The van der Waals surface area contributed by atoms with Crippen molar-refractivity contribution in [3.05, 3.63) is 0 Å². The Morgan fingerprint density at radius 2 is 2.33 bits per heavy atom. The largest absolute Gasteiger partial charge is 0.372 e. The summed E-state index contributed by atoms with van der Waals surface area (Å²) in [6.45, 7) is 3.45. The number of alkyl halides is 1. The number of carbonyl (C=O) groups is 1. The number of halogens is 1. The van der Waals surface area contributed by atoms with E-state index in [0.717, 1.165) is 12.8 Å². The van der Waals surface area contributed by atoms with Gasteiger partial charge in [-0.15, -0.1) is 11.6 Å². The molecule has 72 valence electrons. The van der Waals surface area contributed by atoms with Gasteiger partial charge in [-0.2, -0.15) is 0 Å². The van der Waals surface area contributed by atoms with Gasteiger partial charge in [-0.1, -0.05) is 6.92 Å². The molecule has 12 heavy (non-hydrogen) atoms. The van der Waals surface area contributed by atoms with E-state index in [1.807, 2.05) is 6.92 Å². The molecule has 0 atom stereocenters. The van der Waals surface area contributed by atoms with Crippen LogP contribution in [0.3, 0.4) is 0 Å². The van der Waals surface area contributed by atoms with Crippen molar-refractivity contribution in [3.63, 3.8) is 0 Å². The molecule has 0 saturated heterocycles. The minimum absolute atomic E-state index is 0.0615. The minimum Gasteiger partial charge on any atom is -0.372 e. The summed E-state index contributed by atoms with van der Waals surface area (Å²) in [6.07, 6.45) is 1.75. The highest BCUT2D eigenvalue weighted by Gasteiger charge is 1.98. The molecule has 0 aliphatic carbocycles. The summed E-state index contributed by atoms with van der Waals surface area (Å²) >= 11 is 5.43. The molecule has 0 rings (SSSR count). The lowest BCUT2D eigenvalue weighted by Gasteiger charge is -2.03. The molecule has 0 fully saturated rings. The van der Waals surface area contributed by atoms with E-state index in [1.165, 1.54) is 0 Å². The monoisotopic (exact) mass is 193 g/mol. The number of rotatable bonds is 7. The Kier molecular flexibility index (Phi) is 8.61. The van der Waals surface area contributed by atoms with Crippen molar-refractivity contribution in [1.29, 1.82) is 0 Å². The maximum atomic E-state index is 10.9. The summed E-state index contributed by atoms with van der Waals surface area (Å²) < 4.78 is 5.03. The van der Waals surface area contributed by atoms with Crippen LogP contribution in [0.25, 0.3) is 0 Å². The van der Waals surface area contributed by atoms with Gasteiger partial charge < -0.3 is 10.1 Å². The van der Waals surface area contributed by atoms with E-state index >= 15 is 0 Å². The lowest BCUT2D eigenvalue weighted by molar-refractivity contribution is -0.125. The van der Waals surface area contributed by atoms with Crippen LogP contribution in [-0.2, 0) is 9.53 Å². The Balaban J connectivity index is 3.10. The molecule has 0 aliphatic rings. The van der Waals surface area contributed by atoms with Gasteiger partial charge in [0.25, 0.3) is 0 Å². The molecular weight excluding hydrogens is 178 g/mol. The quantitative estimate of drug-likeness (QED) is 0.487. The Hall–Kier alpha value is -0.280. The normalized spacial score (nSPS) is 9.83. The highest BCUT2D eigenvalue weighted by molar-refractivity contribution is 6.17. The van der Waals surface area contributed by atoms with Crippen LogP contribution in [0.1, 0.15) is 19.8 Å². The first-order valence-electron chi connectivity index (χ1n) is 4.21. The highest BCUT2D eigenvalue weighted by atomic mass is 35.5. The van der Waals surface area contributed by atoms with Crippen molar-refractivity contribution >= 4 is 17.5 Å². The lowest BCUT2D eigenvalue weighted by atomic mass is 10.4. The van der Waals surface area contributed by atoms with Gasteiger partial charge in [0.1, 0.15) is 6.61 Å². The number of amides is 1. The van der Waals surface area contributed by atoms with Gasteiger partial charge in [0.2, 0.25) is 5.91 Å². The van der Waals surface area contributed by atoms with E-state index in [2.05, 4.69) is 5.32 Å². The van der Waals surface area contributed by atoms with Gasteiger partial charge in [0.15, 0.2) is 0 Å². The Labute approximate surface area is 78.4 Å². The summed E-state index contributed by atoms with van der Waals surface area (Å²) in [7, 11) is 0. The first kappa shape index (κ1) is 11.7. The van der Waals surface area contributed by atoms with E-state index in [-0.39, 0.29) is 12.5 Å². The standard InChI is InChI=1S/C8H16ClNO2/c1-2-6-12-7-8(11)10-5-3-4-9/h2-7H2,1H3,(H,10,11). The molecule has 0 heterocycles. The fraction of sp³-hybridized carbons (Fsp3) is 0.875. The van der Waals surface area contributed by atoms with Crippen molar-refractivity contribution in [1.82, 2.24) is 5.32 Å². The zero-order valence-electron chi connectivity index (χ0n) is 7.44. The molecule has 0 saturated carbocycles. The van der Waals surface area contributed by atoms with Crippen LogP contribution in [0, 0.1) is 0 Å². The van der Waals surface area contributed by atoms with E-state index in [1.54, 1.807) is 0 Å². The molecule has 1 amide bonds. The van der Waals surface area contributed by atoms with Crippen LogP contribution in [0.5, 0.6) is 0 Å². The van der Waals surface area contributed by atoms with Crippen LogP contribution >= 0.6 is 11.6 Å². The maximum Gasteiger partial charge on any atom is 0.245 e. The second kappa shape index (κ2) is 8.81. The first-order valence-corrected chi connectivity index (χ1v) is 4.75. The Morgan fingerprint density at radius 3 is 2.92 bits per heavy atom. The van der Waals surface area contributed by atoms with E-state index < -0.39 is 0 Å². The molecule has 1 N–H and O–H groups in total. The zero-order chi connectivity index (χ0) is 9.23. The van der Waals surface area contributed by atoms with Crippen molar-refractivity contribution in [2.75, 3.05) is 25.6 Å². The molecule has 4 heteroatoms. The van der Waals surface area contributed by atoms with Crippen LogP contribution in [-0.4, -0.2) is 31.5 Å².